The first-order valence-corrected chi connectivity index (χ1v) is 8.32. The van der Waals surface area contributed by atoms with E-state index in [1.165, 1.54) is 12.8 Å². The predicted octanol–water partition coefficient (Wildman–Crippen LogP) is 4.51. The third-order valence-corrected chi connectivity index (χ3v) is 4.03. The van der Waals surface area contributed by atoms with Crippen LogP contribution >= 0.6 is 0 Å². The van der Waals surface area contributed by atoms with Crippen LogP contribution in [0.4, 0.5) is 10.1 Å². The van der Waals surface area contributed by atoms with Gasteiger partial charge in [0, 0.05) is 18.6 Å². The summed E-state index contributed by atoms with van der Waals surface area (Å²) < 4.78 is 14.6. The van der Waals surface area contributed by atoms with Crippen molar-refractivity contribution in [3.63, 3.8) is 0 Å². The van der Waals surface area contributed by atoms with E-state index in [0.717, 1.165) is 30.8 Å². The van der Waals surface area contributed by atoms with E-state index >= 15 is 0 Å². The normalized spacial score (nSPS) is 16.3. The van der Waals surface area contributed by atoms with Crippen molar-refractivity contribution in [2.75, 3.05) is 18.0 Å². The fourth-order valence-electron chi connectivity index (χ4n) is 2.73. The molecule has 118 valence electrons. The van der Waals surface area contributed by atoms with Crippen LogP contribution in [0.25, 0.3) is 0 Å². The van der Waals surface area contributed by atoms with Crippen LogP contribution in [0.15, 0.2) is 18.2 Å². The molecule has 1 fully saturated rings. The largest absolute Gasteiger partial charge is 0.366 e. The van der Waals surface area contributed by atoms with Crippen molar-refractivity contribution in [2.24, 2.45) is 5.92 Å². The van der Waals surface area contributed by atoms with Crippen molar-refractivity contribution < 1.29 is 4.39 Å². The zero-order valence-corrected chi connectivity index (χ0v) is 13.8. The summed E-state index contributed by atoms with van der Waals surface area (Å²) in [4.78, 5) is 2.26. The molecule has 21 heavy (non-hydrogen) atoms. The third-order valence-electron chi connectivity index (χ3n) is 4.03. The summed E-state index contributed by atoms with van der Waals surface area (Å²) >= 11 is 0. The molecule has 1 aliphatic carbocycles. The van der Waals surface area contributed by atoms with Crippen LogP contribution in [0.5, 0.6) is 0 Å². The number of anilines is 1. The summed E-state index contributed by atoms with van der Waals surface area (Å²) in [6.07, 6.45) is 3.49. The molecule has 0 aliphatic heterocycles. The molecule has 0 heterocycles. The van der Waals surface area contributed by atoms with Crippen molar-refractivity contribution in [1.82, 2.24) is 5.32 Å². The van der Waals surface area contributed by atoms with Crippen LogP contribution in [-0.4, -0.2) is 19.1 Å². The molecule has 1 aromatic carbocycles. The second-order valence-corrected chi connectivity index (χ2v) is 6.66. The number of halogens is 1. The van der Waals surface area contributed by atoms with Crippen LogP contribution < -0.4 is 10.2 Å². The van der Waals surface area contributed by atoms with Gasteiger partial charge in [0.1, 0.15) is 5.82 Å². The first-order valence-electron chi connectivity index (χ1n) is 8.32. The molecule has 0 radical (unpaired) electrons. The molecule has 1 N–H and O–H groups in total. The highest BCUT2D eigenvalue weighted by molar-refractivity contribution is 5.51. The molecule has 0 amide bonds. The molecule has 0 aromatic heterocycles. The molecule has 1 aromatic rings. The van der Waals surface area contributed by atoms with Gasteiger partial charge in [-0.05, 0) is 56.3 Å². The van der Waals surface area contributed by atoms with Gasteiger partial charge in [-0.2, -0.15) is 0 Å². The standard InChI is InChI=1S/C18H29FN2/c1-5-10-20-14(4)15-6-9-18(17(19)11-15)21(12-13(2)3)16-7-8-16/h6,9,11,13-14,16,20H,5,7-8,10,12H2,1-4H3. The Labute approximate surface area is 128 Å². The minimum Gasteiger partial charge on any atom is -0.366 e. The maximum Gasteiger partial charge on any atom is 0.146 e. The lowest BCUT2D eigenvalue weighted by Crippen LogP contribution is -2.30. The van der Waals surface area contributed by atoms with Gasteiger partial charge in [-0.25, -0.2) is 4.39 Å². The van der Waals surface area contributed by atoms with Gasteiger partial charge in [0.15, 0.2) is 0 Å². The topological polar surface area (TPSA) is 15.3 Å². The molecule has 0 saturated heterocycles. The maximum atomic E-state index is 14.6. The van der Waals surface area contributed by atoms with Crippen LogP contribution in [0.2, 0.25) is 0 Å². The lowest BCUT2D eigenvalue weighted by Gasteiger charge is -2.27. The Bertz CT molecular complexity index is 455. The van der Waals surface area contributed by atoms with Crippen LogP contribution in [0.1, 0.15) is 58.6 Å². The smallest absolute Gasteiger partial charge is 0.146 e. The predicted molar refractivity (Wildman–Crippen MR) is 88.3 cm³/mol. The zero-order chi connectivity index (χ0) is 15.4. The summed E-state index contributed by atoms with van der Waals surface area (Å²) in [5, 5.41) is 3.41. The van der Waals surface area contributed by atoms with Gasteiger partial charge in [0.25, 0.3) is 0 Å². The highest BCUT2D eigenvalue weighted by Crippen LogP contribution is 2.34. The molecular weight excluding hydrogens is 263 g/mol. The zero-order valence-electron chi connectivity index (χ0n) is 13.8. The van der Waals surface area contributed by atoms with Crippen LogP contribution in [-0.2, 0) is 0 Å². The SMILES string of the molecule is CCCNC(C)c1ccc(N(CC(C)C)C2CC2)c(F)c1. The van der Waals surface area contributed by atoms with Crippen molar-refractivity contribution in [3.8, 4) is 0 Å². The van der Waals surface area contributed by atoms with Crippen molar-refractivity contribution >= 4 is 5.69 Å². The molecule has 1 aliphatic rings. The Balaban J connectivity index is 2.13. The van der Waals surface area contributed by atoms with Gasteiger partial charge >= 0.3 is 0 Å². The molecule has 2 rings (SSSR count). The van der Waals surface area contributed by atoms with E-state index in [1.54, 1.807) is 6.07 Å². The monoisotopic (exact) mass is 292 g/mol. The Morgan fingerprint density at radius 1 is 1.29 bits per heavy atom. The van der Waals surface area contributed by atoms with Gasteiger partial charge in [-0.1, -0.05) is 26.8 Å². The van der Waals surface area contributed by atoms with Crippen LogP contribution in [0, 0.1) is 11.7 Å². The summed E-state index contributed by atoms with van der Waals surface area (Å²) in [7, 11) is 0. The minimum absolute atomic E-state index is 0.0785. The number of benzene rings is 1. The van der Waals surface area contributed by atoms with Crippen molar-refractivity contribution in [2.45, 2.75) is 59.0 Å². The minimum atomic E-state index is -0.0785. The van der Waals surface area contributed by atoms with E-state index in [-0.39, 0.29) is 11.9 Å². The molecule has 1 unspecified atom stereocenters. The highest BCUT2D eigenvalue weighted by atomic mass is 19.1. The summed E-state index contributed by atoms with van der Waals surface area (Å²) in [6.45, 7) is 10.5. The van der Waals surface area contributed by atoms with E-state index in [0.29, 0.717) is 12.0 Å². The number of rotatable bonds is 8. The molecule has 2 nitrogen and oxygen atoms in total. The lowest BCUT2D eigenvalue weighted by molar-refractivity contribution is 0.555. The molecule has 0 spiro atoms. The Kier molecular flexibility index (Phi) is 5.63. The fraction of sp³-hybridized carbons (Fsp3) is 0.667. The number of nitrogens with zero attached hydrogens (tertiary/aromatic N) is 1. The average Bonchev–Trinajstić information content (AvgIpc) is 3.26. The first kappa shape index (κ1) is 16.3. The van der Waals surface area contributed by atoms with Crippen LogP contribution in [0.3, 0.4) is 0 Å². The van der Waals surface area contributed by atoms with Gasteiger partial charge in [-0.3, -0.25) is 0 Å². The van der Waals surface area contributed by atoms with Gasteiger partial charge in [-0.15, -0.1) is 0 Å². The Morgan fingerprint density at radius 3 is 2.52 bits per heavy atom. The molecule has 1 atom stereocenters. The van der Waals surface area contributed by atoms with Gasteiger partial charge in [0.05, 0.1) is 5.69 Å². The second-order valence-electron chi connectivity index (χ2n) is 6.66. The van der Waals surface area contributed by atoms with Gasteiger partial charge in [0.2, 0.25) is 0 Å². The number of nitrogens with one attached hydrogen (secondary N) is 1. The lowest BCUT2D eigenvalue weighted by atomic mass is 10.1. The van der Waals surface area contributed by atoms with E-state index in [9.17, 15) is 4.39 Å². The summed E-state index contributed by atoms with van der Waals surface area (Å²) in [5.41, 5.74) is 1.81. The third kappa shape index (κ3) is 4.44. The summed E-state index contributed by atoms with van der Waals surface area (Å²) in [6, 6.07) is 6.49. The molecule has 0 bridgehead atoms. The Hall–Kier alpha value is -1.09. The highest BCUT2D eigenvalue weighted by Gasteiger charge is 2.31. The maximum absolute atomic E-state index is 14.6. The van der Waals surface area contributed by atoms with E-state index in [2.05, 4.69) is 44.0 Å². The second kappa shape index (κ2) is 7.26. The number of hydrogen-bond acceptors (Lipinski definition) is 2. The number of hydrogen-bond donors (Lipinski definition) is 1. The average molecular weight is 292 g/mol. The van der Waals surface area contributed by atoms with Crippen molar-refractivity contribution in [1.29, 1.82) is 0 Å². The van der Waals surface area contributed by atoms with Crippen molar-refractivity contribution in [3.05, 3.63) is 29.6 Å². The first-order chi connectivity index (χ1) is 10.0. The quantitative estimate of drug-likeness (QED) is 0.758. The Morgan fingerprint density at radius 2 is 2.00 bits per heavy atom. The fourth-order valence-corrected chi connectivity index (χ4v) is 2.73. The molecule has 1 saturated carbocycles. The van der Waals surface area contributed by atoms with Gasteiger partial charge < -0.3 is 10.2 Å². The summed E-state index contributed by atoms with van der Waals surface area (Å²) in [5.74, 6) is 0.472. The van der Waals surface area contributed by atoms with E-state index in [1.807, 2.05) is 6.07 Å². The molecule has 3 heteroatoms. The van der Waals surface area contributed by atoms with E-state index < -0.39 is 0 Å². The van der Waals surface area contributed by atoms with E-state index in [4.69, 9.17) is 0 Å². The molecular formula is C18H29FN2.